The van der Waals surface area contributed by atoms with E-state index in [4.69, 9.17) is 5.84 Å². The van der Waals surface area contributed by atoms with Crippen LogP contribution in [0.25, 0.3) is 0 Å². The molecule has 19 heavy (non-hydrogen) atoms. The second-order valence-electron chi connectivity index (χ2n) is 5.73. The minimum atomic E-state index is -3.73. The highest BCUT2D eigenvalue weighted by Gasteiger charge is 2.36. The molecule has 0 aromatic carbocycles. The van der Waals surface area contributed by atoms with Crippen LogP contribution in [0.1, 0.15) is 27.7 Å². The van der Waals surface area contributed by atoms with Gasteiger partial charge in [0, 0.05) is 18.3 Å². The van der Waals surface area contributed by atoms with Gasteiger partial charge in [0.2, 0.25) is 0 Å². The standard InChI is InChI=1S/C12H18N4O2S/c1-8(12(2,3)4)11-15-19(17,18)10-7-14-6-5-9(10)16(11)13/h5-8H,13H2,1-4H3. The molecular formula is C12H18N4O2S. The third-order valence-electron chi connectivity index (χ3n) is 3.45. The van der Waals surface area contributed by atoms with Crippen LogP contribution in [-0.4, -0.2) is 19.2 Å². The Morgan fingerprint density at radius 2 is 2.00 bits per heavy atom. The zero-order chi connectivity index (χ0) is 14.4. The van der Waals surface area contributed by atoms with Gasteiger partial charge in [0.15, 0.2) is 0 Å². The molecule has 0 aliphatic carbocycles. The van der Waals surface area contributed by atoms with Crippen molar-refractivity contribution in [2.45, 2.75) is 32.6 Å². The number of rotatable bonds is 1. The molecule has 0 fully saturated rings. The maximum atomic E-state index is 12.2. The molecule has 1 aromatic rings. The van der Waals surface area contributed by atoms with Gasteiger partial charge in [-0.15, -0.1) is 4.40 Å². The number of amidine groups is 1. The third-order valence-corrected chi connectivity index (χ3v) is 4.74. The summed E-state index contributed by atoms with van der Waals surface area (Å²) in [5, 5.41) is 1.34. The number of hydrazine groups is 1. The van der Waals surface area contributed by atoms with Gasteiger partial charge in [-0.3, -0.25) is 9.99 Å². The van der Waals surface area contributed by atoms with Crippen molar-refractivity contribution < 1.29 is 8.42 Å². The van der Waals surface area contributed by atoms with Crippen molar-refractivity contribution in [3.05, 3.63) is 18.5 Å². The Balaban J connectivity index is 2.60. The van der Waals surface area contributed by atoms with Gasteiger partial charge in [0.25, 0.3) is 10.0 Å². The van der Waals surface area contributed by atoms with Gasteiger partial charge in [-0.25, -0.2) is 5.84 Å². The van der Waals surface area contributed by atoms with Crippen molar-refractivity contribution in [2.24, 2.45) is 21.6 Å². The molecule has 7 heteroatoms. The number of anilines is 1. The lowest BCUT2D eigenvalue weighted by atomic mass is 9.81. The van der Waals surface area contributed by atoms with Crippen molar-refractivity contribution in [2.75, 3.05) is 5.01 Å². The SMILES string of the molecule is CC(C1=NS(=O)(=O)c2cnccc2N1N)C(C)(C)C. The number of hydrogen-bond acceptors (Lipinski definition) is 5. The van der Waals surface area contributed by atoms with E-state index >= 15 is 0 Å². The van der Waals surface area contributed by atoms with Crippen LogP contribution in [0.3, 0.4) is 0 Å². The number of fused-ring (bicyclic) bond motifs is 1. The van der Waals surface area contributed by atoms with Crippen molar-refractivity contribution in [3.63, 3.8) is 0 Å². The summed E-state index contributed by atoms with van der Waals surface area (Å²) in [4.78, 5) is 3.86. The molecule has 0 amide bonds. The van der Waals surface area contributed by atoms with Crippen LogP contribution >= 0.6 is 0 Å². The van der Waals surface area contributed by atoms with Crippen molar-refractivity contribution in [3.8, 4) is 0 Å². The van der Waals surface area contributed by atoms with Gasteiger partial charge >= 0.3 is 0 Å². The zero-order valence-corrected chi connectivity index (χ0v) is 12.3. The molecule has 0 radical (unpaired) electrons. The van der Waals surface area contributed by atoms with E-state index in [1.807, 2.05) is 27.7 Å². The van der Waals surface area contributed by atoms with Gasteiger partial charge in [-0.1, -0.05) is 27.7 Å². The lowest BCUT2D eigenvalue weighted by Crippen LogP contribution is -2.47. The molecule has 1 atom stereocenters. The molecule has 104 valence electrons. The molecule has 6 nitrogen and oxygen atoms in total. The van der Waals surface area contributed by atoms with Gasteiger partial charge in [-0.05, 0) is 11.5 Å². The molecule has 0 bridgehead atoms. The quantitative estimate of drug-likeness (QED) is 0.789. The Morgan fingerprint density at radius 1 is 1.37 bits per heavy atom. The Hall–Kier alpha value is -1.47. The van der Waals surface area contributed by atoms with Gasteiger partial charge in [0.05, 0.1) is 5.69 Å². The predicted molar refractivity (Wildman–Crippen MR) is 74.1 cm³/mol. The smallest absolute Gasteiger partial charge is 0.263 e. The average molecular weight is 282 g/mol. The summed E-state index contributed by atoms with van der Waals surface area (Å²) in [6.07, 6.45) is 2.78. The first kappa shape index (κ1) is 14.0. The van der Waals surface area contributed by atoms with E-state index < -0.39 is 10.0 Å². The van der Waals surface area contributed by atoms with Crippen LogP contribution in [0.4, 0.5) is 5.69 Å². The predicted octanol–water partition coefficient (Wildman–Crippen LogP) is 1.54. The second kappa shape index (κ2) is 4.28. The molecule has 2 N–H and O–H groups in total. The fourth-order valence-corrected chi connectivity index (χ4v) is 3.00. The second-order valence-corrected chi connectivity index (χ2v) is 7.30. The Bertz CT molecular complexity index is 631. The average Bonchev–Trinajstić information content (AvgIpc) is 2.32. The molecule has 1 unspecified atom stereocenters. The van der Waals surface area contributed by atoms with E-state index in [1.54, 1.807) is 6.07 Å². The van der Waals surface area contributed by atoms with Crippen LogP contribution in [0.5, 0.6) is 0 Å². The molecule has 1 aliphatic rings. The number of pyridine rings is 1. The first-order valence-electron chi connectivity index (χ1n) is 5.98. The molecule has 0 saturated heterocycles. The van der Waals surface area contributed by atoms with Gasteiger partial charge < -0.3 is 0 Å². The monoisotopic (exact) mass is 282 g/mol. The molecule has 1 aliphatic heterocycles. The maximum Gasteiger partial charge on any atom is 0.287 e. The summed E-state index contributed by atoms with van der Waals surface area (Å²) in [7, 11) is -3.73. The minimum absolute atomic E-state index is 0.0439. The summed E-state index contributed by atoms with van der Waals surface area (Å²) in [6, 6.07) is 1.58. The molecule has 0 saturated carbocycles. The normalized spacial score (nSPS) is 19.6. The van der Waals surface area contributed by atoms with Crippen LogP contribution < -0.4 is 10.9 Å². The van der Waals surface area contributed by atoms with E-state index in [0.717, 1.165) is 0 Å². The molecule has 0 spiro atoms. The largest absolute Gasteiger partial charge is 0.287 e. The summed E-state index contributed by atoms with van der Waals surface area (Å²) in [6.45, 7) is 7.97. The first-order valence-corrected chi connectivity index (χ1v) is 7.42. The van der Waals surface area contributed by atoms with Crippen LogP contribution in [0.15, 0.2) is 27.8 Å². The van der Waals surface area contributed by atoms with Crippen molar-refractivity contribution in [1.82, 2.24) is 4.98 Å². The molecule has 2 heterocycles. The highest BCUT2D eigenvalue weighted by atomic mass is 32.2. The van der Waals surface area contributed by atoms with E-state index in [0.29, 0.717) is 11.5 Å². The summed E-state index contributed by atoms with van der Waals surface area (Å²) >= 11 is 0. The minimum Gasteiger partial charge on any atom is -0.263 e. The highest BCUT2D eigenvalue weighted by molar-refractivity contribution is 7.90. The zero-order valence-electron chi connectivity index (χ0n) is 11.5. The van der Waals surface area contributed by atoms with Crippen molar-refractivity contribution in [1.29, 1.82) is 0 Å². The lowest BCUT2D eigenvalue weighted by Gasteiger charge is -2.35. The lowest BCUT2D eigenvalue weighted by molar-refractivity contribution is 0.330. The van der Waals surface area contributed by atoms with E-state index in [1.165, 1.54) is 17.4 Å². The van der Waals surface area contributed by atoms with Gasteiger partial charge in [0.1, 0.15) is 10.7 Å². The maximum absolute atomic E-state index is 12.2. The number of hydrogen-bond donors (Lipinski definition) is 1. The van der Waals surface area contributed by atoms with Crippen LogP contribution in [0.2, 0.25) is 0 Å². The van der Waals surface area contributed by atoms with E-state index in [-0.39, 0.29) is 16.2 Å². The fourth-order valence-electron chi connectivity index (χ4n) is 1.79. The van der Waals surface area contributed by atoms with E-state index in [2.05, 4.69) is 9.38 Å². The Morgan fingerprint density at radius 3 is 2.58 bits per heavy atom. The third kappa shape index (κ3) is 2.35. The topological polar surface area (TPSA) is 88.7 Å². The molecular weight excluding hydrogens is 264 g/mol. The first-order chi connectivity index (χ1) is 8.64. The number of nitrogens with two attached hydrogens (primary N) is 1. The molecule has 2 rings (SSSR count). The fraction of sp³-hybridized carbons (Fsp3) is 0.500. The summed E-state index contributed by atoms with van der Waals surface area (Å²) in [5.41, 5.74) is 0.271. The summed E-state index contributed by atoms with van der Waals surface area (Å²) < 4.78 is 28.2. The molecule has 1 aromatic heterocycles. The van der Waals surface area contributed by atoms with E-state index in [9.17, 15) is 8.42 Å². The Labute approximate surface area is 113 Å². The van der Waals surface area contributed by atoms with Crippen molar-refractivity contribution >= 4 is 21.5 Å². The van der Waals surface area contributed by atoms with Crippen LogP contribution in [-0.2, 0) is 10.0 Å². The van der Waals surface area contributed by atoms with Gasteiger partial charge in [-0.2, -0.15) is 8.42 Å². The van der Waals surface area contributed by atoms with Crippen LogP contribution in [0, 0.1) is 11.3 Å². The number of sulfonamides is 1. The summed E-state index contributed by atoms with van der Waals surface area (Å²) in [5.74, 6) is 6.27. The highest BCUT2D eigenvalue weighted by Crippen LogP contribution is 2.35. The number of aromatic nitrogens is 1. The Kier molecular flexibility index (Phi) is 3.14. The number of nitrogens with zero attached hydrogens (tertiary/aromatic N) is 3.